The Kier molecular flexibility index (Phi) is 7.27. The highest BCUT2D eigenvalue weighted by atomic mass is 16.7. The van der Waals surface area contributed by atoms with Gasteiger partial charge in [0.1, 0.15) is 0 Å². The van der Waals surface area contributed by atoms with Gasteiger partial charge in [-0.2, -0.15) is 0 Å². The number of nitrogens with one attached hydrogen (secondary N) is 2. The molecule has 1 aromatic heterocycles. The molecule has 0 bridgehead atoms. The Labute approximate surface area is 209 Å². The van der Waals surface area contributed by atoms with Gasteiger partial charge in [0.2, 0.25) is 0 Å². The van der Waals surface area contributed by atoms with Gasteiger partial charge in [-0.3, -0.25) is 0 Å². The summed E-state index contributed by atoms with van der Waals surface area (Å²) in [7, 11) is 0. The number of hydrogen-bond acceptors (Lipinski definition) is 5. The second-order valence-electron chi connectivity index (χ2n) is 8.85. The van der Waals surface area contributed by atoms with Crippen molar-refractivity contribution in [3.8, 4) is 0 Å². The van der Waals surface area contributed by atoms with Crippen LogP contribution in [0.5, 0.6) is 0 Å². The number of carbonyl (C=O) groups excluding carboxylic acids is 1. The number of para-hydroxylation sites is 2. The number of benzene rings is 3. The van der Waals surface area contributed by atoms with Gasteiger partial charge in [0, 0.05) is 24.2 Å². The lowest BCUT2D eigenvalue weighted by Crippen LogP contribution is -2.32. The Balaban J connectivity index is 1.41. The molecule has 1 fully saturated rings. The largest absolute Gasteiger partial charge is 0.392 e. The lowest BCUT2D eigenvalue weighted by molar-refractivity contribution is -0.252. The van der Waals surface area contributed by atoms with E-state index >= 15 is 0 Å². The number of aliphatic hydroxyl groups excluding tert-OH is 1. The maximum atomic E-state index is 12.0. The van der Waals surface area contributed by atoms with Gasteiger partial charge in [0.15, 0.2) is 6.29 Å². The zero-order valence-corrected chi connectivity index (χ0v) is 20.1. The Hall–Kier alpha value is -3.72. The number of imidazole rings is 1. The van der Waals surface area contributed by atoms with E-state index in [1.165, 1.54) is 0 Å². The SMILES string of the molecule is CCNC(=O)Nc1cccc(C2OC(Cn3cnc4ccccc43)CC(c3ccc(CO)cc3)O2)c1. The first-order valence-corrected chi connectivity index (χ1v) is 12.2. The van der Waals surface area contributed by atoms with Crippen molar-refractivity contribution in [1.29, 1.82) is 0 Å². The van der Waals surface area contributed by atoms with E-state index in [4.69, 9.17) is 9.47 Å². The molecule has 8 nitrogen and oxygen atoms in total. The number of amides is 2. The van der Waals surface area contributed by atoms with Crippen molar-refractivity contribution in [3.05, 3.63) is 95.8 Å². The highest BCUT2D eigenvalue weighted by molar-refractivity contribution is 5.89. The van der Waals surface area contributed by atoms with Gasteiger partial charge in [0.25, 0.3) is 0 Å². The molecule has 1 aliphatic rings. The predicted molar refractivity (Wildman–Crippen MR) is 137 cm³/mol. The summed E-state index contributed by atoms with van der Waals surface area (Å²) in [6, 6.07) is 23.1. The number of urea groups is 1. The van der Waals surface area contributed by atoms with Gasteiger partial charge in [0.05, 0.1) is 42.7 Å². The molecule has 0 saturated carbocycles. The van der Waals surface area contributed by atoms with Crippen LogP contribution in [0.3, 0.4) is 0 Å². The number of ether oxygens (including phenoxy) is 2. The van der Waals surface area contributed by atoms with Crippen molar-refractivity contribution in [3.63, 3.8) is 0 Å². The van der Waals surface area contributed by atoms with E-state index in [2.05, 4.69) is 26.3 Å². The zero-order valence-electron chi connectivity index (χ0n) is 20.1. The third-order valence-electron chi connectivity index (χ3n) is 6.30. The summed E-state index contributed by atoms with van der Waals surface area (Å²) in [6.45, 7) is 3.04. The molecule has 36 heavy (non-hydrogen) atoms. The highest BCUT2D eigenvalue weighted by Crippen LogP contribution is 2.39. The number of nitrogens with zero attached hydrogens (tertiary/aromatic N) is 2. The first-order chi connectivity index (χ1) is 17.6. The van der Waals surface area contributed by atoms with Crippen LogP contribution in [0.15, 0.2) is 79.1 Å². The summed E-state index contributed by atoms with van der Waals surface area (Å²) in [5.74, 6) is 0. The number of carbonyl (C=O) groups is 1. The van der Waals surface area contributed by atoms with Gasteiger partial charge in [-0.15, -0.1) is 0 Å². The van der Waals surface area contributed by atoms with Crippen molar-refractivity contribution in [2.45, 2.75) is 45.0 Å². The van der Waals surface area contributed by atoms with Gasteiger partial charge >= 0.3 is 6.03 Å². The number of rotatable bonds is 7. The second-order valence-corrected chi connectivity index (χ2v) is 8.85. The first-order valence-electron chi connectivity index (χ1n) is 12.2. The molecule has 2 heterocycles. The molecule has 3 N–H and O–H groups in total. The third kappa shape index (κ3) is 5.41. The number of aliphatic hydroxyl groups is 1. The van der Waals surface area contributed by atoms with Crippen LogP contribution in [0.2, 0.25) is 0 Å². The summed E-state index contributed by atoms with van der Waals surface area (Å²) in [5, 5.41) is 15.0. The fourth-order valence-electron chi connectivity index (χ4n) is 4.51. The summed E-state index contributed by atoms with van der Waals surface area (Å²) in [5.41, 5.74) is 5.37. The number of hydrogen-bond donors (Lipinski definition) is 3. The second kappa shape index (κ2) is 10.9. The van der Waals surface area contributed by atoms with Crippen molar-refractivity contribution in [2.24, 2.45) is 0 Å². The average Bonchev–Trinajstić information content (AvgIpc) is 3.31. The molecule has 2 amide bonds. The molecule has 3 unspecified atom stereocenters. The van der Waals surface area contributed by atoms with Crippen LogP contribution in [0, 0.1) is 0 Å². The van der Waals surface area contributed by atoms with E-state index in [-0.39, 0.29) is 24.8 Å². The van der Waals surface area contributed by atoms with E-state index in [1.807, 2.05) is 80.0 Å². The summed E-state index contributed by atoms with van der Waals surface area (Å²) >= 11 is 0. The maximum absolute atomic E-state index is 12.0. The minimum atomic E-state index is -0.614. The van der Waals surface area contributed by atoms with Crippen molar-refractivity contribution < 1.29 is 19.4 Å². The normalized spacial score (nSPS) is 19.8. The molecule has 3 aromatic carbocycles. The summed E-state index contributed by atoms with van der Waals surface area (Å²) in [6.07, 6.45) is 1.57. The summed E-state index contributed by atoms with van der Waals surface area (Å²) < 4.78 is 15.0. The zero-order chi connectivity index (χ0) is 24.9. The fourth-order valence-corrected chi connectivity index (χ4v) is 4.51. The van der Waals surface area contributed by atoms with E-state index < -0.39 is 6.29 Å². The summed E-state index contributed by atoms with van der Waals surface area (Å²) in [4.78, 5) is 16.5. The molecule has 186 valence electrons. The minimum Gasteiger partial charge on any atom is -0.392 e. The predicted octanol–water partition coefficient (Wildman–Crippen LogP) is 4.92. The van der Waals surface area contributed by atoms with Crippen LogP contribution in [0.4, 0.5) is 10.5 Å². The third-order valence-corrected chi connectivity index (χ3v) is 6.30. The molecule has 0 spiro atoms. The maximum Gasteiger partial charge on any atom is 0.319 e. The number of aromatic nitrogens is 2. The lowest BCUT2D eigenvalue weighted by atomic mass is 10.00. The van der Waals surface area contributed by atoms with Crippen LogP contribution < -0.4 is 10.6 Å². The monoisotopic (exact) mass is 486 g/mol. The Bertz CT molecular complexity index is 1320. The average molecular weight is 487 g/mol. The van der Waals surface area contributed by atoms with Gasteiger partial charge < -0.3 is 29.8 Å². The Morgan fingerprint density at radius 3 is 2.69 bits per heavy atom. The smallest absolute Gasteiger partial charge is 0.319 e. The van der Waals surface area contributed by atoms with E-state index in [0.29, 0.717) is 25.2 Å². The Morgan fingerprint density at radius 1 is 1.06 bits per heavy atom. The fraction of sp³-hybridized carbons (Fsp3) is 0.286. The first kappa shape index (κ1) is 24.0. The van der Waals surface area contributed by atoms with Crippen LogP contribution in [-0.4, -0.2) is 33.3 Å². The minimum absolute atomic E-state index is 0.000725. The van der Waals surface area contributed by atoms with Gasteiger partial charge in [-0.25, -0.2) is 9.78 Å². The molecular formula is C28H30N4O4. The van der Waals surface area contributed by atoms with Crippen molar-refractivity contribution >= 4 is 22.8 Å². The lowest BCUT2D eigenvalue weighted by Gasteiger charge is -2.36. The molecule has 8 heteroatoms. The van der Waals surface area contributed by atoms with E-state index in [9.17, 15) is 9.90 Å². The molecule has 5 rings (SSSR count). The Morgan fingerprint density at radius 2 is 1.89 bits per heavy atom. The topological polar surface area (TPSA) is 97.6 Å². The van der Waals surface area contributed by atoms with Crippen LogP contribution in [0.1, 0.15) is 42.4 Å². The molecule has 0 aliphatic carbocycles. The molecule has 0 radical (unpaired) electrons. The van der Waals surface area contributed by atoms with Crippen LogP contribution in [-0.2, 0) is 22.6 Å². The van der Waals surface area contributed by atoms with E-state index in [0.717, 1.165) is 27.7 Å². The standard InChI is InChI=1S/C28H30N4O4/c1-2-29-28(34)31-22-7-5-6-21(14-22)27-35-23(16-32-18-30-24-8-3-4-9-25(24)32)15-26(36-27)20-12-10-19(17-33)11-13-20/h3-14,18,23,26-27,33H,2,15-17H2,1H3,(H2,29,31,34). The van der Waals surface area contributed by atoms with Crippen LogP contribution >= 0.6 is 0 Å². The molecular weight excluding hydrogens is 456 g/mol. The van der Waals surface area contributed by atoms with Crippen molar-refractivity contribution in [1.82, 2.24) is 14.9 Å². The number of anilines is 1. The van der Waals surface area contributed by atoms with Crippen LogP contribution in [0.25, 0.3) is 11.0 Å². The molecule has 3 atom stereocenters. The number of fused-ring (bicyclic) bond motifs is 1. The molecule has 1 aliphatic heterocycles. The highest BCUT2D eigenvalue weighted by Gasteiger charge is 2.32. The molecule has 1 saturated heterocycles. The quantitative estimate of drug-likeness (QED) is 0.345. The van der Waals surface area contributed by atoms with Crippen molar-refractivity contribution in [2.75, 3.05) is 11.9 Å². The molecule has 4 aromatic rings. The van der Waals surface area contributed by atoms with E-state index in [1.54, 1.807) is 0 Å². The van der Waals surface area contributed by atoms with Gasteiger partial charge in [-0.05, 0) is 42.3 Å². The van der Waals surface area contributed by atoms with Gasteiger partial charge in [-0.1, -0.05) is 48.5 Å².